The van der Waals surface area contributed by atoms with E-state index in [0.29, 0.717) is 5.78 Å². The number of unbranched alkanes of at least 4 members (excludes halogenated alkanes) is 1. The van der Waals surface area contributed by atoms with Crippen molar-refractivity contribution in [2.24, 2.45) is 5.92 Å². The van der Waals surface area contributed by atoms with Gasteiger partial charge < -0.3 is 0 Å². The molecule has 1 atom stereocenters. The van der Waals surface area contributed by atoms with E-state index in [1.807, 2.05) is 0 Å². The van der Waals surface area contributed by atoms with Crippen LogP contribution in [0.1, 0.15) is 64.7 Å². The van der Waals surface area contributed by atoms with Crippen LogP contribution in [0.4, 0.5) is 0 Å². The largest absolute Gasteiger partial charge is 0.299 e. The molecule has 0 aromatic rings. The van der Waals surface area contributed by atoms with Crippen LogP contribution in [-0.2, 0) is 4.79 Å². The molecule has 2 rings (SSSR count). The molecule has 0 saturated heterocycles. The molecular formula is C14H22O. The van der Waals surface area contributed by atoms with Gasteiger partial charge >= 0.3 is 0 Å². The van der Waals surface area contributed by atoms with Gasteiger partial charge in [0.25, 0.3) is 0 Å². The third kappa shape index (κ3) is 2.70. The minimum absolute atomic E-state index is 0.473. The predicted molar refractivity (Wildman–Crippen MR) is 62.8 cm³/mol. The summed E-state index contributed by atoms with van der Waals surface area (Å²) >= 11 is 0. The highest BCUT2D eigenvalue weighted by molar-refractivity contribution is 5.82. The van der Waals surface area contributed by atoms with Gasteiger partial charge in [0.2, 0.25) is 0 Å². The molecular weight excluding hydrogens is 184 g/mol. The molecule has 0 heterocycles. The standard InChI is InChI=1S/C14H22O/c1-2-3-4-11-5-6-13-10-14(15)8-7-12(13)9-11/h11H,2-10H2,1H3. The van der Waals surface area contributed by atoms with E-state index in [4.69, 9.17) is 0 Å². The highest BCUT2D eigenvalue weighted by Gasteiger charge is 2.25. The average molecular weight is 206 g/mol. The van der Waals surface area contributed by atoms with Crippen LogP contribution >= 0.6 is 0 Å². The number of carbonyl (C=O) groups is 1. The molecule has 2 aliphatic carbocycles. The van der Waals surface area contributed by atoms with Gasteiger partial charge in [-0.3, -0.25) is 4.79 Å². The monoisotopic (exact) mass is 206 g/mol. The van der Waals surface area contributed by atoms with E-state index >= 15 is 0 Å². The van der Waals surface area contributed by atoms with Gasteiger partial charge in [0.05, 0.1) is 0 Å². The SMILES string of the molecule is CCCCC1CCC2=C(CCC(=O)C2)C1. The molecule has 0 aromatic carbocycles. The van der Waals surface area contributed by atoms with Crippen molar-refractivity contribution in [2.75, 3.05) is 0 Å². The van der Waals surface area contributed by atoms with E-state index in [1.54, 1.807) is 5.57 Å². The van der Waals surface area contributed by atoms with Crippen LogP contribution < -0.4 is 0 Å². The summed E-state index contributed by atoms with van der Waals surface area (Å²) < 4.78 is 0. The molecule has 0 amide bonds. The second-order valence-corrected chi connectivity index (χ2v) is 5.17. The van der Waals surface area contributed by atoms with Crippen LogP contribution in [0.2, 0.25) is 0 Å². The Balaban J connectivity index is 1.93. The average Bonchev–Trinajstić information content (AvgIpc) is 2.26. The molecule has 0 saturated carbocycles. The van der Waals surface area contributed by atoms with Gasteiger partial charge in [-0.15, -0.1) is 0 Å². The fourth-order valence-electron chi connectivity index (χ4n) is 3.00. The summed E-state index contributed by atoms with van der Waals surface area (Å²) in [5, 5.41) is 0. The van der Waals surface area contributed by atoms with Gasteiger partial charge in [-0.25, -0.2) is 0 Å². The second kappa shape index (κ2) is 4.96. The van der Waals surface area contributed by atoms with Gasteiger partial charge in [-0.1, -0.05) is 37.3 Å². The zero-order chi connectivity index (χ0) is 10.7. The number of allylic oxidation sites excluding steroid dienone is 2. The molecule has 15 heavy (non-hydrogen) atoms. The van der Waals surface area contributed by atoms with Gasteiger partial charge in [0.1, 0.15) is 5.78 Å². The van der Waals surface area contributed by atoms with Crippen molar-refractivity contribution in [2.45, 2.75) is 64.7 Å². The van der Waals surface area contributed by atoms with Crippen LogP contribution in [0.15, 0.2) is 11.1 Å². The first-order valence-corrected chi connectivity index (χ1v) is 6.51. The minimum atomic E-state index is 0.473. The van der Waals surface area contributed by atoms with E-state index in [1.165, 1.54) is 44.1 Å². The van der Waals surface area contributed by atoms with E-state index in [2.05, 4.69) is 6.92 Å². The fourth-order valence-corrected chi connectivity index (χ4v) is 3.00. The molecule has 0 spiro atoms. The summed E-state index contributed by atoms with van der Waals surface area (Å²) in [6, 6.07) is 0. The first-order valence-electron chi connectivity index (χ1n) is 6.51. The Labute approximate surface area is 92.9 Å². The number of hydrogen-bond donors (Lipinski definition) is 0. The molecule has 84 valence electrons. The van der Waals surface area contributed by atoms with Crippen molar-refractivity contribution in [3.8, 4) is 0 Å². The lowest BCUT2D eigenvalue weighted by Crippen LogP contribution is -2.17. The molecule has 0 N–H and O–H groups in total. The van der Waals surface area contributed by atoms with Crippen molar-refractivity contribution in [3.63, 3.8) is 0 Å². The molecule has 0 bridgehead atoms. The number of carbonyl (C=O) groups excluding carboxylic acids is 1. The lowest BCUT2D eigenvalue weighted by Gasteiger charge is -2.29. The van der Waals surface area contributed by atoms with Gasteiger partial charge in [-0.2, -0.15) is 0 Å². The number of Topliss-reactive ketones (excluding diaryl/α,β-unsaturated/α-hetero) is 1. The molecule has 1 unspecified atom stereocenters. The molecule has 2 aliphatic rings. The maximum atomic E-state index is 11.3. The van der Waals surface area contributed by atoms with Crippen LogP contribution in [0, 0.1) is 5.92 Å². The van der Waals surface area contributed by atoms with Crippen molar-refractivity contribution in [1.82, 2.24) is 0 Å². The summed E-state index contributed by atoms with van der Waals surface area (Å²) in [4.78, 5) is 11.3. The Hall–Kier alpha value is -0.590. The number of ketones is 1. The lowest BCUT2D eigenvalue weighted by atomic mass is 9.76. The molecule has 1 heteroatoms. The number of rotatable bonds is 3. The van der Waals surface area contributed by atoms with Crippen molar-refractivity contribution < 1.29 is 4.79 Å². The fraction of sp³-hybridized carbons (Fsp3) is 0.786. The van der Waals surface area contributed by atoms with E-state index in [0.717, 1.165) is 25.2 Å². The van der Waals surface area contributed by atoms with Crippen LogP contribution in [0.5, 0.6) is 0 Å². The van der Waals surface area contributed by atoms with E-state index in [9.17, 15) is 4.79 Å². The van der Waals surface area contributed by atoms with Gasteiger partial charge in [0, 0.05) is 12.8 Å². The zero-order valence-electron chi connectivity index (χ0n) is 9.85. The van der Waals surface area contributed by atoms with Crippen molar-refractivity contribution in [3.05, 3.63) is 11.1 Å². The number of hydrogen-bond acceptors (Lipinski definition) is 1. The summed E-state index contributed by atoms with van der Waals surface area (Å²) in [5.41, 5.74) is 3.17. The maximum absolute atomic E-state index is 11.3. The summed E-state index contributed by atoms with van der Waals surface area (Å²) in [6.07, 6.45) is 10.7. The highest BCUT2D eigenvalue weighted by atomic mass is 16.1. The molecule has 1 nitrogen and oxygen atoms in total. The Morgan fingerprint density at radius 2 is 2.07 bits per heavy atom. The third-order valence-corrected chi connectivity index (χ3v) is 3.97. The topological polar surface area (TPSA) is 17.1 Å². The lowest BCUT2D eigenvalue weighted by molar-refractivity contribution is -0.118. The van der Waals surface area contributed by atoms with Gasteiger partial charge in [0.15, 0.2) is 0 Å². The smallest absolute Gasteiger partial charge is 0.137 e. The minimum Gasteiger partial charge on any atom is -0.299 e. The van der Waals surface area contributed by atoms with Crippen LogP contribution in [0.25, 0.3) is 0 Å². The Kier molecular flexibility index (Phi) is 3.61. The first kappa shape index (κ1) is 10.9. The summed E-state index contributed by atoms with van der Waals surface area (Å²) in [6.45, 7) is 2.27. The molecule has 0 aromatic heterocycles. The quantitative estimate of drug-likeness (QED) is 0.637. The molecule has 0 aliphatic heterocycles. The maximum Gasteiger partial charge on any atom is 0.137 e. The van der Waals surface area contributed by atoms with E-state index in [-0.39, 0.29) is 0 Å². The van der Waals surface area contributed by atoms with Gasteiger partial charge in [-0.05, 0) is 31.6 Å². The highest BCUT2D eigenvalue weighted by Crippen LogP contribution is 2.38. The van der Waals surface area contributed by atoms with Crippen molar-refractivity contribution >= 4 is 5.78 Å². The first-order chi connectivity index (χ1) is 7.29. The second-order valence-electron chi connectivity index (χ2n) is 5.17. The van der Waals surface area contributed by atoms with Crippen LogP contribution in [0.3, 0.4) is 0 Å². The predicted octanol–water partition coefficient (Wildman–Crippen LogP) is 4.03. The van der Waals surface area contributed by atoms with Crippen molar-refractivity contribution in [1.29, 1.82) is 0 Å². The Morgan fingerprint density at radius 3 is 2.87 bits per heavy atom. The zero-order valence-corrected chi connectivity index (χ0v) is 9.85. The van der Waals surface area contributed by atoms with E-state index < -0.39 is 0 Å². The third-order valence-electron chi connectivity index (χ3n) is 3.97. The van der Waals surface area contributed by atoms with Crippen LogP contribution in [-0.4, -0.2) is 5.78 Å². The summed E-state index contributed by atoms with van der Waals surface area (Å²) in [5.74, 6) is 1.40. The normalized spacial score (nSPS) is 26.7. The summed E-state index contributed by atoms with van der Waals surface area (Å²) in [7, 11) is 0. The Bertz CT molecular complexity index is 275. The molecule has 0 fully saturated rings. The molecule has 0 radical (unpaired) electrons. The Morgan fingerprint density at radius 1 is 1.20 bits per heavy atom.